The molecule has 0 aliphatic heterocycles. The van der Waals surface area contributed by atoms with Crippen LogP contribution < -0.4 is 16.0 Å². The van der Waals surface area contributed by atoms with Gasteiger partial charge in [0.25, 0.3) is 0 Å². The van der Waals surface area contributed by atoms with Crippen LogP contribution in [0, 0.1) is 5.82 Å². The first-order valence-corrected chi connectivity index (χ1v) is 10.4. The van der Waals surface area contributed by atoms with Crippen LogP contribution in [0.2, 0.25) is 0 Å². The second kappa shape index (κ2) is 9.86. The van der Waals surface area contributed by atoms with E-state index in [1.165, 1.54) is 30.5 Å². The van der Waals surface area contributed by atoms with Gasteiger partial charge in [0, 0.05) is 30.7 Å². The maximum atomic E-state index is 14.7. The zero-order valence-corrected chi connectivity index (χ0v) is 18.8. The number of amides is 1. The van der Waals surface area contributed by atoms with Crippen LogP contribution in [0.3, 0.4) is 0 Å². The number of hydrogen-bond donors (Lipinski definition) is 3. The van der Waals surface area contributed by atoms with Crippen molar-refractivity contribution >= 4 is 34.7 Å². The summed E-state index contributed by atoms with van der Waals surface area (Å²) in [6.07, 6.45) is 1.21. The van der Waals surface area contributed by atoms with Crippen LogP contribution in [0.5, 0.6) is 0 Å². The molecule has 4 aromatic rings. The van der Waals surface area contributed by atoms with Gasteiger partial charge < -0.3 is 16.0 Å². The highest BCUT2D eigenvalue weighted by Gasteiger charge is 2.30. The normalized spacial score (nSPS) is 11.1. The van der Waals surface area contributed by atoms with E-state index in [0.717, 1.165) is 24.3 Å². The number of aryl methyl sites for hydroxylation is 1. The fourth-order valence-corrected chi connectivity index (χ4v) is 3.22. The zero-order chi connectivity index (χ0) is 25.9. The maximum Gasteiger partial charge on any atom is 0.416 e. The molecule has 3 N–H and O–H groups in total. The van der Waals surface area contributed by atoms with Crippen molar-refractivity contribution in [2.75, 3.05) is 16.0 Å². The highest BCUT2D eigenvalue weighted by molar-refractivity contribution is 5.99. The van der Waals surface area contributed by atoms with Crippen LogP contribution in [-0.2, 0) is 18.0 Å². The minimum Gasteiger partial charge on any atom is -0.337 e. The van der Waals surface area contributed by atoms with E-state index in [1.807, 2.05) is 0 Å². The number of hydrogen-bond acceptors (Lipinski definition) is 6. The molecule has 2 aromatic heterocycles. The van der Waals surface area contributed by atoms with E-state index < -0.39 is 23.5 Å². The summed E-state index contributed by atoms with van der Waals surface area (Å²) in [5.41, 5.74) is 0.730. The summed E-state index contributed by atoms with van der Waals surface area (Å²) in [5.74, 6) is -0.881. The van der Waals surface area contributed by atoms with Crippen molar-refractivity contribution in [3.05, 3.63) is 85.1 Å². The van der Waals surface area contributed by atoms with E-state index in [1.54, 1.807) is 24.1 Å². The van der Waals surface area contributed by atoms with Gasteiger partial charge in [0.2, 0.25) is 11.9 Å². The van der Waals surface area contributed by atoms with E-state index in [4.69, 9.17) is 0 Å². The molecule has 0 aliphatic carbocycles. The van der Waals surface area contributed by atoms with Crippen molar-refractivity contribution in [1.29, 1.82) is 0 Å². The van der Waals surface area contributed by atoms with Gasteiger partial charge in [-0.2, -0.15) is 23.3 Å². The second-order valence-corrected chi connectivity index (χ2v) is 7.57. The molecular weight excluding hydrogens is 478 g/mol. The standard InChI is InChI=1S/C24H19F4N7O/c1-3-21(36)31-16-8-9-19(25)20(10-16)33-22-18(14-4-6-15(7-5-14)24(26,27)28)12-29-23(34-22)32-17-11-30-35(2)13-17/h3-13H,1H2,2H3,(H,31,36)(H2,29,32,33,34). The molecule has 0 radical (unpaired) electrons. The molecule has 36 heavy (non-hydrogen) atoms. The minimum atomic E-state index is -4.49. The number of rotatable bonds is 7. The number of carbonyl (C=O) groups excluding carboxylic acids is 1. The Labute approximate surface area is 202 Å². The van der Waals surface area contributed by atoms with Gasteiger partial charge in [-0.25, -0.2) is 9.37 Å². The fourth-order valence-electron chi connectivity index (χ4n) is 3.22. The van der Waals surface area contributed by atoms with Crippen LogP contribution in [0.15, 0.2) is 73.7 Å². The summed E-state index contributed by atoms with van der Waals surface area (Å²) in [4.78, 5) is 20.3. The summed E-state index contributed by atoms with van der Waals surface area (Å²) >= 11 is 0. The van der Waals surface area contributed by atoms with Crippen molar-refractivity contribution in [2.24, 2.45) is 7.05 Å². The molecule has 0 aliphatic rings. The van der Waals surface area contributed by atoms with Gasteiger partial charge in [-0.3, -0.25) is 9.48 Å². The Balaban J connectivity index is 1.74. The Kier molecular flexibility index (Phi) is 6.68. The molecule has 0 fully saturated rings. The number of nitrogens with one attached hydrogen (secondary N) is 3. The highest BCUT2D eigenvalue weighted by atomic mass is 19.4. The molecule has 8 nitrogen and oxygen atoms in total. The molecule has 2 heterocycles. The summed E-state index contributed by atoms with van der Waals surface area (Å²) < 4.78 is 55.3. The van der Waals surface area contributed by atoms with Crippen LogP contribution >= 0.6 is 0 Å². The van der Waals surface area contributed by atoms with Gasteiger partial charge in [-0.05, 0) is 42.0 Å². The predicted molar refractivity (Wildman–Crippen MR) is 127 cm³/mol. The predicted octanol–water partition coefficient (Wildman–Crippen LogP) is 5.65. The maximum absolute atomic E-state index is 14.7. The summed E-state index contributed by atoms with van der Waals surface area (Å²) in [6, 6.07) is 8.29. The van der Waals surface area contributed by atoms with E-state index >= 15 is 0 Å². The number of halogens is 4. The number of benzene rings is 2. The number of anilines is 5. The van der Waals surface area contributed by atoms with Crippen LogP contribution in [-0.4, -0.2) is 25.7 Å². The van der Waals surface area contributed by atoms with E-state index in [9.17, 15) is 22.4 Å². The van der Waals surface area contributed by atoms with Gasteiger partial charge >= 0.3 is 6.18 Å². The number of aromatic nitrogens is 4. The fraction of sp³-hybridized carbons (Fsp3) is 0.0833. The Morgan fingerprint density at radius 3 is 2.44 bits per heavy atom. The molecule has 4 rings (SSSR count). The van der Waals surface area contributed by atoms with E-state index in [2.05, 4.69) is 37.6 Å². The van der Waals surface area contributed by atoms with Crippen LogP contribution in [0.4, 0.5) is 46.4 Å². The average Bonchev–Trinajstić information content (AvgIpc) is 3.25. The van der Waals surface area contributed by atoms with E-state index in [0.29, 0.717) is 22.5 Å². The average molecular weight is 497 g/mol. The summed E-state index contributed by atoms with van der Waals surface area (Å²) in [7, 11) is 1.73. The third-order valence-electron chi connectivity index (χ3n) is 4.95. The first-order valence-electron chi connectivity index (χ1n) is 10.4. The quantitative estimate of drug-likeness (QED) is 0.226. The molecule has 2 aromatic carbocycles. The number of carbonyl (C=O) groups is 1. The number of nitrogens with zero attached hydrogens (tertiary/aromatic N) is 4. The molecule has 0 saturated carbocycles. The largest absolute Gasteiger partial charge is 0.416 e. The lowest BCUT2D eigenvalue weighted by Gasteiger charge is -2.15. The van der Waals surface area contributed by atoms with Crippen LogP contribution in [0.25, 0.3) is 11.1 Å². The Hall–Kier alpha value is -4.74. The van der Waals surface area contributed by atoms with Crippen molar-refractivity contribution in [3.63, 3.8) is 0 Å². The smallest absolute Gasteiger partial charge is 0.337 e. The lowest BCUT2D eigenvalue weighted by atomic mass is 10.1. The summed E-state index contributed by atoms with van der Waals surface area (Å²) in [6.45, 7) is 3.37. The van der Waals surface area contributed by atoms with Gasteiger partial charge in [0.1, 0.15) is 11.6 Å². The number of alkyl halides is 3. The molecule has 0 saturated heterocycles. The summed E-state index contributed by atoms with van der Waals surface area (Å²) in [5, 5.41) is 12.4. The monoisotopic (exact) mass is 497 g/mol. The van der Waals surface area contributed by atoms with E-state index in [-0.39, 0.29) is 17.5 Å². The third kappa shape index (κ3) is 5.66. The first-order chi connectivity index (χ1) is 17.1. The molecule has 12 heteroatoms. The Bertz CT molecular complexity index is 1410. The molecule has 184 valence electrons. The van der Waals surface area contributed by atoms with Gasteiger partial charge in [0.05, 0.1) is 23.1 Å². The van der Waals surface area contributed by atoms with Gasteiger partial charge in [0.15, 0.2) is 0 Å². The molecule has 1 amide bonds. The second-order valence-electron chi connectivity index (χ2n) is 7.57. The van der Waals surface area contributed by atoms with Crippen LogP contribution in [0.1, 0.15) is 5.56 Å². The van der Waals surface area contributed by atoms with Crippen molar-refractivity contribution in [3.8, 4) is 11.1 Å². The van der Waals surface area contributed by atoms with Gasteiger partial charge in [-0.1, -0.05) is 18.7 Å². The first kappa shape index (κ1) is 24.4. The molecule has 0 atom stereocenters. The topological polar surface area (TPSA) is 96.8 Å². The van der Waals surface area contributed by atoms with Crippen molar-refractivity contribution in [1.82, 2.24) is 19.7 Å². The third-order valence-corrected chi connectivity index (χ3v) is 4.95. The van der Waals surface area contributed by atoms with Gasteiger partial charge in [-0.15, -0.1) is 0 Å². The lowest BCUT2D eigenvalue weighted by Crippen LogP contribution is -2.08. The van der Waals surface area contributed by atoms with Crippen molar-refractivity contribution in [2.45, 2.75) is 6.18 Å². The molecule has 0 unspecified atom stereocenters. The lowest BCUT2D eigenvalue weighted by molar-refractivity contribution is -0.137. The Morgan fingerprint density at radius 2 is 1.81 bits per heavy atom. The zero-order valence-electron chi connectivity index (χ0n) is 18.8. The SMILES string of the molecule is C=CC(=O)Nc1ccc(F)c(Nc2nc(Nc3cnn(C)c3)ncc2-c2ccc(C(F)(F)F)cc2)c1. The molecule has 0 spiro atoms. The highest BCUT2D eigenvalue weighted by Crippen LogP contribution is 2.34. The minimum absolute atomic E-state index is 0.0314. The van der Waals surface area contributed by atoms with Crippen molar-refractivity contribution < 1.29 is 22.4 Å². The molecule has 0 bridgehead atoms. The molecular formula is C24H19F4N7O. The Morgan fingerprint density at radius 1 is 1.06 bits per heavy atom.